The van der Waals surface area contributed by atoms with Crippen molar-refractivity contribution in [3.63, 3.8) is 0 Å². The highest BCUT2D eigenvalue weighted by Gasteiger charge is 2.36. The fourth-order valence-corrected chi connectivity index (χ4v) is 3.97. The van der Waals surface area contributed by atoms with Gasteiger partial charge in [0.05, 0.1) is 11.7 Å². The first-order valence-electron chi connectivity index (χ1n) is 8.48. The van der Waals surface area contributed by atoms with Gasteiger partial charge in [0.25, 0.3) is 5.24 Å². The Labute approximate surface area is 158 Å². The first-order chi connectivity index (χ1) is 13.0. The maximum Gasteiger partial charge on any atom is 0.288 e. The Hall–Kier alpha value is -2.75. The van der Waals surface area contributed by atoms with Crippen molar-refractivity contribution in [3.05, 3.63) is 18.2 Å². The highest BCUT2D eigenvalue weighted by atomic mass is 32.2. The number of nitrogens with one attached hydrogen (secondary N) is 1. The lowest BCUT2D eigenvalue weighted by atomic mass is 10.1. The van der Waals surface area contributed by atoms with Crippen LogP contribution in [0.1, 0.15) is 6.42 Å². The Morgan fingerprint density at radius 3 is 2.78 bits per heavy atom. The second kappa shape index (κ2) is 7.10. The molecule has 1 unspecified atom stereocenters. The van der Waals surface area contributed by atoms with Gasteiger partial charge in [-0.15, -0.1) is 0 Å². The summed E-state index contributed by atoms with van der Waals surface area (Å²) in [5.41, 5.74) is 0.657. The molecule has 10 heteroatoms. The van der Waals surface area contributed by atoms with E-state index in [2.05, 4.69) is 5.32 Å². The van der Waals surface area contributed by atoms with E-state index >= 15 is 0 Å². The number of carbonyl (C=O) groups is 4. The molecule has 27 heavy (non-hydrogen) atoms. The maximum atomic E-state index is 12.4. The summed E-state index contributed by atoms with van der Waals surface area (Å²) in [6, 6.07) is 5.22. The van der Waals surface area contributed by atoms with E-state index in [4.69, 9.17) is 9.47 Å². The molecule has 3 heterocycles. The SMILES string of the molecule is O=C(NCCN1C(=O)CSC1=O)C1CC(=O)N(c2ccc3c(c2)OCO3)C1. The number of nitrogens with zero attached hydrogens (tertiary/aromatic N) is 2. The normalized spacial score (nSPS) is 21.3. The van der Waals surface area contributed by atoms with E-state index in [1.807, 2.05) is 0 Å². The first kappa shape index (κ1) is 17.7. The van der Waals surface area contributed by atoms with Crippen LogP contribution in [0.4, 0.5) is 10.5 Å². The molecule has 0 radical (unpaired) electrons. The van der Waals surface area contributed by atoms with Crippen LogP contribution < -0.4 is 19.7 Å². The number of rotatable bonds is 5. The summed E-state index contributed by atoms with van der Waals surface area (Å²) in [6.45, 7) is 0.731. The van der Waals surface area contributed by atoms with Crippen LogP contribution in [-0.4, -0.2) is 60.0 Å². The van der Waals surface area contributed by atoms with Crippen LogP contribution in [0.15, 0.2) is 18.2 Å². The first-order valence-corrected chi connectivity index (χ1v) is 9.46. The molecule has 1 N–H and O–H groups in total. The van der Waals surface area contributed by atoms with Crippen LogP contribution in [0.5, 0.6) is 11.5 Å². The molecule has 9 nitrogen and oxygen atoms in total. The monoisotopic (exact) mass is 391 g/mol. The lowest BCUT2D eigenvalue weighted by molar-refractivity contribution is -0.127. The quantitative estimate of drug-likeness (QED) is 0.783. The smallest absolute Gasteiger partial charge is 0.288 e. The van der Waals surface area contributed by atoms with E-state index in [0.717, 1.165) is 16.7 Å². The van der Waals surface area contributed by atoms with E-state index in [0.29, 0.717) is 17.2 Å². The van der Waals surface area contributed by atoms with Crippen LogP contribution in [0.2, 0.25) is 0 Å². The Balaban J connectivity index is 1.32. The van der Waals surface area contributed by atoms with Crippen LogP contribution >= 0.6 is 11.8 Å². The van der Waals surface area contributed by atoms with E-state index in [-0.39, 0.29) is 61.6 Å². The van der Waals surface area contributed by atoms with Gasteiger partial charge in [0.15, 0.2) is 11.5 Å². The molecule has 3 aliphatic rings. The van der Waals surface area contributed by atoms with E-state index in [1.165, 1.54) is 0 Å². The minimum atomic E-state index is -0.484. The number of fused-ring (bicyclic) bond motifs is 1. The van der Waals surface area contributed by atoms with Gasteiger partial charge in [0.2, 0.25) is 24.5 Å². The Kier molecular flexibility index (Phi) is 4.65. The highest BCUT2D eigenvalue weighted by Crippen LogP contribution is 2.37. The molecule has 0 bridgehead atoms. The van der Waals surface area contributed by atoms with E-state index in [1.54, 1.807) is 23.1 Å². The van der Waals surface area contributed by atoms with Crippen molar-refractivity contribution in [1.29, 1.82) is 0 Å². The predicted octanol–water partition coefficient (Wildman–Crippen LogP) is 0.580. The Morgan fingerprint density at radius 2 is 2.00 bits per heavy atom. The summed E-state index contributed by atoms with van der Waals surface area (Å²) in [7, 11) is 0. The van der Waals surface area contributed by atoms with Gasteiger partial charge in [-0.1, -0.05) is 11.8 Å². The number of hydrogen-bond acceptors (Lipinski definition) is 7. The molecule has 0 saturated carbocycles. The average molecular weight is 391 g/mol. The fraction of sp³-hybridized carbons (Fsp3) is 0.412. The van der Waals surface area contributed by atoms with Crippen molar-refractivity contribution in [1.82, 2.24) is 10.2 Å². The fourth-order valence-electron chi connectivity index (χ4n) is 3.22. The minimum Gasteiger partial charge on any atom is -0.454 e. The zero-order valence-corrected chi connectivity index (χ0v) is 15.1. The van der Waals surface area contributed by atoms with Crippen molar-refractivity contribution in [2.24, 2.45) is 5.92 Å². The number of benzene rings is 1. The molecule has 2 fully saturated rings. The third-order valence-corrected chi connectivity index (χ3v) is 5.50. The molecular formula is C17H17N3O6S. The number of imide groups is 1. The molecule has 1 atom stereocenters. The molecule has 1 aromatic carbocycles. The van der Waals surface area contributed by atoms with Crippen molar-refractivity contribution < 1.29 is 28.7 Å². The average Bonchev–Trinajstić information content (AvgIpc) is 3.35. The summed E-state index contributed by atoms with van der Waals surface area (Å²) in [4.78, 5) is 50.4. The summed E-state index contributed by atoms with van der Waals surface area (Å²) in [5.74, 6) is 0.212. The summed E-state index contributed by atoms with van der Waals surface area (Å²) < 4.78 is 10.6. The minimum absolute atomic E-state index is 0.109. The van der Waals surface area contributed by atoms with Gasteiger partial charge < -0.3 is 19.7 Å². The molecular weight excluding hydrogens is 374 g/mol. The number of carbonyl (C=O) groups excluding carboxylic acids is 4. The number of thioether (sulfide) groups is 1. The topological polar surface area (TPSA) is 105 Å². The van der Waals surface area contributed by atoms with Crippen LogP contribution in [0.25, 0.3) is 0 Å². The van der Waals surface area contributed by atoms with Gasteiger partial charge in [0, 0.05) is 37.8 Å². The van der Waals surface area contributed by atoms with Gasteiger partial charge in [0.1, 0.15) is 0 Å². The third-order valence-electron chi connectivity index (χ3n) is 4.64. The van der Waals surface area contributed by atoms with Crippen molar-refractivity contribution >= 4 is 40.4 Å². The van der Waals surface area contributed by atoms with Gasteiger partial charge >= 0.3 is 0 Å². The van der Waals surface area contributed by atoms with Crippen molar-refractivity contribution in [2.45, 2.75) is 6.42 Å². The number of hydrogen-bond donors (Lipinski definition) is 1. The molecule has 0 aromatic heterocycles. The molecule has 1 aromatic rings. The Morgan fingerprint density at radius 1 is 1.19 bits per heavy atom. The molecule has 142 valence electrons. The number of ether oxygens (including phenoxy) is 2. The lowest BCUT2D eigenvalue weighted by Gasteiger charge is -2.17. The zero-order valence-electron chi connectivity index (χ0n) is 14.3. The molecule has 4 amide bonds. The molecule has 0 spiro atoms. The van der Waals surface area contributed by atoms with Crippen LogP contribution in [-0.2, 0) is 14.4 Å². The number of anilines is 1. The second-order valence-corrected chi connectivity index (χ2v) is 7.26. The second-order valence-electron chi connectivity index (χ2n) is 6.33. The van der Waals surface area contributed by atoms with Gasteiger partial charge in [-0.2, -0.15) is 0 Å². The molecule has 3 aliphatic heterocycles. The number of amides is 4. The van der Waals surface area contributed by atoms with E-state index in [9.17, 15) is 19.2 Å². The van der Waals surface area contributed by atoms with Gasteiger partial charge in [-0.05, 0) is 12.1 Å². The summed E-state index contributed by atoms with van der Waals surface area (Å²) in [5, 5.41) is 2.42. The predicted molar refractivity (Wildman–Crippen MR) is 95.6 cm³/mol. The lowest BCUT2D eigenvalue weighted by Crippen LogP contribution is -2.40. The maximum absolute atomic E-state index is 12.4. The zero-order chi connectivity index (χ0) is 19.0. The standard InChI is InChI=1S/C17H17N3O6S/c21-14-5-10(16(23)18-3-4-19-15(22)8-27-17(19)24)7-20(14)11-1-2-12-13(6-11)26-9-25-12/h1-2,6,10H,3-5,7-9H2,(H,18,23). The largest absolute Gasteiger partial charge is 0.454 e. The molecule has 4 rings (SSSR count). The van der Waals surface area contributed by atoms with Crippen LogP contribution in [0, 0.1) is 5.92 Å². The van der Waals surface area contributed by atoms with E-state index < -0.39 is 5.92 Å². The highest BCUT2D eigenvalue weighted by molar-refractivity contribution is 8.14. The Bertz CT molecular complexity index is 813. The summed E-state index contributed by atoms with van der Waals surface area (Å²) in [6.07, 6.45) is 0.109. The van der Waals surface area contributed by atoms with Crippen molar-refractivity contribution in [2.75, 3.05) is 37.1 Å². The molecule has 0 aliphatic carbocycles. The van der Waals surface area contributed by atoms with Crippen molar-refractivity contribution in [3.8, 4) is 11.5 Å². The molecule has 2 saturated heterocycles. The van der Waals surface area contributed by atoms with Gasteiger partial charge in [-0.3, -0.25) is 24.1 Å². The summed E-state index contributed by atoms with van der Waals surface area (Å²) >= 11 is 0.958. The van der Waals surface area contributed by atoms with Crippen LogP contribution in [0.3, 0.4) is 0 Å². The third kappa shape index (κ3) is 3.44. The van der Waals surface area contributed by atoms with Gasteiger partial charge in [-0.25, -0.2) is 0 Å².